The third kappa shape index (κ3) is 4.60. The molecule has 0 radical (unpaired) electrons. The van der Waals surface area contributed by atoms with Crippen LogP contribution in [0.4, 0.5) is 0 Å². The van der Waals surface area contributed by atoms with Gasteiger partial charge in [0.25, 0.3) is 0 Å². The van der Waals surface area contributed by atoms with Gasteiger partial charge in [0.05, 0.1) is 5.69 Å². The van der Waals surface area contributed by atoms with Gasteiger partial charge in [0.1, 0.15) is 0 Å². The summed E-state index contributed by atoms with van der Waals surface area (Å²) < 4.78 is 0. The largest absolute Gasteiger partial charge is 0.387 e. The van der Waals surface area contributed by atoms with Crippen molar-refractivity contribution in [2.24, 2.45) is 0 Å². The Morgan fingerprint density at radius 3 is 1.88 bits per heavy atom. The zero-order chi connectivity index (χ0) is 32.0. The lowest BCUT2D eigenvalue weighted by molar-refractivity contribution is 0.978. The second-order valence-electron chi connectivity index (χ2n) is 12.6. The van der Waals surface area contributed by atoms with Crippen molar-refractivity contribution in [3.05, 3.63) is 169 Å². The predicted molar refractivity (Wildman–Crippen MR) is 205 cm³/mol. The van der Waals surface area contributed by atoms with Gasteiger partial charge >= 0.3 is 0 Å². The monoisotopic (exact) mass is 614 g/mol. The summed E-state index contributed by atoms with van der Waals surface area (Å²) in [6.07, 6.45) is 9.14. The zero-order valence-corrected chi connectivity index (χ0v) is 26.9. The Hall–Kier alpha value is -5.99. The summed E-state index contributed by atoms with van der Waals surface area (Å²) in [5.41, 5.74) is 11.0. The average Bonchev–Trinajstić information content (AvgIpc) is 3.16. The topological polar surface area (TPSA) is 24.9 Å². The molecule has 7 aromatic carbocycles. The number of fused-ring (bicyclic) bond motifs is 4. The van der Waals surface area contributed by atoms with Gasteiger partial charge in [0.15, 0.2) is 0 Å². The van der Waals surface area contributed by atoms with Crippen molar-refractivity contribution in [2.75, 3.05) is 6.54 Å². The quantitative estimate of drug-likeness (QED) is 0.195. The average molecular weight is 615 g/mol. The second kappa shape index (κ2) is 11.7. The van der Waals surface area contributed by atoms with Crippen molar-refractivity contribution in [3.8, 4) is 33.4 Å². The Morgan fingerprint density at radius 2 is 1.19 bits per heavy atom. The van der Waals surface area contributed by atoms with Crippen molar-refractivity contribution in [2.45, 2.75) is 13.3 Å². The molecule has 0 spiro atoms. The van der Waals surface area contributed by atoms with E-state index in [4.69, 9.17) is 4.98 Å². The van der Waals surface area contributed by atoms with E-state index >= 15 is 0 Å². The van der Waals surface area contributed by atoms with Gasteiger partial charge in [-0.1, -0.05) is 134 Å². The van der Waals surface area contributed by atoms with Crippen LogP contribution in [0.1, 0.15) is 18.2 Å². The first-order chi connectivity index (χ1) is 23.8. The van der Waals surface area contributed by atoms with Crippen LogP contribution >= 0.6 is 0 Å². The van der Waals surface area contributed by atoms with E-state index in [9.17, 15) is 0 Å². The van der Waals surface area contributed by atoms with Crippen LogP contribution in [0.5, 0.6) is 0 Å². The Kier molecular flexibility index (Phi) is 6.87. The van der Waals surface area contributed by atoms with Gasteiger partial charge in [-0.25, -0.2) is 0 Å². The second-order valence-corrected chi connectivity index (χ2v) is 12.6. The maximum Gasteiger partial charge on any atom is 0.0757 e. The highest BCUT2D eigenvalue weighted by atomic mass is 14.8. The summed E-state index contributed by atoms with van der Waals surface area (Å²) in [6, 6.07) is 49.4. The fourth-order valence-electron chi connectivity index (χ4n) is 7.65. The van der Waals surface area contributed by atoms with E-state index in [1.807, 2.05) is 18.5 Å². The lowest BCUT2D eigenvalue weighted by Crippen LogP contribution is -2.13. The molecule has 0 atom stereocenters. The van der Waals surface area contributed by atoms with Crippen LogP contribution in [0.25, 0.3) is 82.0 Å². The first kappa shape index (κ1) is 28.3. The molecule has 0 fully saturated rings. The third-order valence-corrected chi connectivity index (χ3v) is 9.93. The molecule has 1 aliphatic heterocycles. The number of benzene rings is 7. The molecule has 1 aliphatic rings. The molecule has 0 aliphatic carbocycles. The van der Waals surface area contributed by atoms with Crippen molar-refractivity contribution in [1.29, 1.82) is 0 Å². The maximum absolute atomic E-state index is 4.87. The summed E-state index contributed by atoms with van der Waals surface area (Å²) in [5.74, 6) is 0. The number of pyridine rings is 1. The highest BCUT2D eigenvalue weighted by molar-refractivity contribution is 6.24. The number of nitrogens with zero attached hydrogens (tertiary/aromatic N) is 1. The van der Waals surface area contributed by atoms with Crippen molar-refractivity contribution < 1.29 is 0 Å². The number of hydrogen-bond acceptors (Lipinski definition) is 2. The number of hydrogen-bond donors (Lipinski definition) is 1. The predicted octanol–water partition coefficient (Wildman–Crippen LogP) is 11.8. The van der Waals surface area contributed by atoms with E-state index in [-0.39, 0.29) is 0 Å². The molecule has 0 saturated heterocycles. The summed E-state index contributed by atoms with van der Waals surface area (Å²) >= 11 is 0. The van der Waals surface area contributed by atoms with Crippen molar-refractivity contribution >= 4 is 48.7 Å². The van der Waals surface area contributed by atoms with Gasteiger partial charge < -0.3 is 5.32 Å². The van der Waals surface area contributed by atoms with Crippen LogP contribution in [0.15, 0.2) is 158 Å². The lowest BCUT2D eigenvalue weighted by atomic mass is 9.83. The molecular formula is C46H34N2. The molecule has 0 saturated carbocycles. The molecule has 2 nitrogen and oxygen atoms in total. The first-order valence-corrected chi connectivity index (χ1v) is 16.8. The standard InChI is InChI=1S/C46H34N2/c1-2-30-19-20-32-28-33(22-21-31(32)27-30)44-38-14-5-7-16-40(38)45(41-17-8-6-15-39(41)44)42-24-23-37(35-12-3-4-13-36(35)42)43-18-10-26-48-46(43)34-11-9-25-47-29-34/h3-28,47H,2,29H2,1H3. The molecular weight excluding hydrogens is 581 g/mol. The SMILES string of the molecule is CCc1ccc2cc(-c3c4ccccc4c(-c4ccc(-c5cccnc5C5=CC=CNC5)c5ccccc45)c4ccccc34)ccc2c1. The van der Waals surface area contributed by atoms with Gasteiger partial charge in [0.2, 0.25) is 0 Å². The van der Waals surface area contributed by atoms with Crippen LogP contribution < -0.4 is 5.32 Å². The van der Waals surface area contributed by atoms with Crippen LogP contribution in [-0.4, -0.2) is 11.5 Å². The van der Waals surface area contributed by atoms with Crippen molar-refractivity contribution in [3.63, 3.8) is 0 Å². The van der Waals surface area contributed by atoms with Crippen LogP contribution in [0, 0.1) is 0 Å². The number of aryl methyl sites for hydroxylation is 1. The molecule has 9 rings (SSSR count). The zero-order valence-electron chi connectivity index (χ0n) is 26.9. The number of dihydropyridines is 1. The Balaban J connectivity index is 1.31. The lowest BCUT2D eigenvalue weighted by Gasteiger charge is -2.20. The number of rotatable bonds is 5. The van der Waals surface area contributed by atoms with Gasteiger partial charge in [-0.15, -0.1) is 0 Å². The minimum absolute atomic E-state index is 0.762. The van der Waals surface area contributed by atoms with Crippen LogP contribution in [-0.2, 0) is 6.42 Å². The number of allylic oxidation sites excluding steroid dienone is 2. The normalized spacial score (nSPS) is 12.9. The van der Waals surface area contributed by atoms with Gasteiger partial charge in [0, 0.05) is 18.3 Å². The molecule has 228 valence electrons. The van der Waals surface area contributed by atoms with E-state index in [1.165, 1.54) is 82.0 Å². The Morgan fingerprint density at radius 1 is 0.562 bits per heavy atom. The molecule has 0 bridgehead atoms. The van der Waals surface area contributed by atoms with E-state index in [1.54, 1.807) is 0 Å². The Labute approximate surface area is 280 Å². The molecule has 0 unspecified atom stereocenters. The summed E-state index contributed by atoms with van der Waals surface area (Å²) in [4.78, 5) is 4.87. The van der Waals surface area contributed by atoms with Gasteiger partial charge in [-0.3, -0.25) is 4.98 Å². The molecule has 0 amide bonds. The smallest absolute Gasteiger partial charge is 0.0757 e. The molecule has 8 aromatic rings. The van der Waals surface area contributed by atoms with Crippen molar-refractivity contribution in [1.82, 2.24) is 10.3 Å². The van der Waals surface area contributed by atoms with E-state index < -0.39 is 0 Å². The highest BCUT2D eigenvalue weighted by Crippen LogP contribution is 2.47. The van der Waals surface area contributed by atoms with Crippen LogP contribution in [0.3, 0.4) is 0 Å². The van der Waals surface area contributed by atoms with Gasteiger partial charge in [-0.05, 0) is 113 Å². The van der Waals surface area contributed by atoms with Crippen LogP contribution in [0.2, 0.25) is 0 Å². The van der Waals surface area contributed by atoms with E-state index in [2.05, 4.69) is 152 Å². The molecule has 48 heavy (non-hydrogen) atoms. The third-order valence-electron chi connectivity index (χ3n) is 9.93. The van der Waals surface area contributed by atoms with E-state index in [0.717, 1.165) is 24.2 Å². The minimum atomic E-state index is 0.762. The molecule has 1 N–H and O–H groups in total. The fraction of sp³-hybridized carbons (Fsp3) is 0.0652. The number of nitrogens with one attached hydrogen (secondary N) is 1. The number of aromatic nitrogens is 1. The molecule has 1 aromatic heterocycles. The summed E-state index contributed by atoms with van der Waals surface area (Å²) in [7, 11) is 0. The minimum Gasteiger partial charge on any atom is -0.387 e. The maximum atomic E-state index is 4.87. The summed E-state index contributed by atoms with van der Waals surface area (Å²) in [6.45, 7) is 2.98. The Bertz CT molecular complexity index is 2550. The van der Waals surface area contributed by atoms with E-state index in [0.29, 0.717) is 0 Å². The molecule has 2 heteroatoms. The van der Waals surface area contributed by atoms with Gasteiger partial charge in [-0.2, -0.15) is 0 Å². The summed E-state index contributed by atoms with van der Waals surface area (Å²) in [5, 5.41) is 13.4. The molecule has 2 heterocycles. The highest BCUT2D eigenvalue weighted by Gasteiger charge is 2.20. The fourth-order valence-corrected chi connectivity index (χ4v) is 7.65. The first-order valence-electron chi connectivity index (χ1n) is 16.8.